The molecule has 1 aliphatic rings. The minimum absolute atomic E-state index is 0.323. The molecule has 1 aromatic rings. The van der Waals surface area contributed by atoms with Gasteiger partial charge in [0.05, 0.1) is 0 Å². The van der Waals surface area contributed by atoms with Crippen molar-refractivity contribution in [2.24, 2.45) is 11.8 Å². The minimum atomic E-state index is 0.323. The van der Waals surface area contributed by atoms with E-state index in [1.165, 1.54) is 75.3 Å². The highest BCUT2D eigenvalue weighted by atomic mass is 35.5. The maximum atomic E-state index is 6.76. The molecule has 130 valence electrons. The Kier molecular flexibility index (Phi) is 8.51. The number of hydrogen-bond acceptors (Lipinski definition) is 0. The first kappa shape index (κ1) is 18.8. The lowest BCUT2D eigenvalue weighted by Crippen LogP contribution is -2.23. The van der Waals surface area contributed by atoms with Gasteiger partial charge >= 0.3 is 0 Å². The molecule has 1 aromatic carbocycles. The molecule has 1 aliphatic carbocycles. The Balaban J connectivity index is 1.75. The Bertz CT molecular complexity index is 414. The SMILES string of the molecule is CCCCCc1ccc(CC(Cl)[C@H]2CC[C@H](CCC)CC2)cc1. The van der Waals surface area contributed by atoms with Gasteiger partial charge in [-0.15, -0.1) is 11.6 Å². The van der Waals surface area contributed by atoms with E-state index in [0.717, 1.165) is 18.3 Å². The van der Waals surface area contributed by atoms with Gasteiger partial charge in [-0.1, -0.05) is 76.6 Å². The molecule has 1 saturated carbocycles. The summed E-state index contributed by atoms with van der Waals surface area (Å²) < 4.78 is 0. The molecule has 1 heteroatoms. The monoisotopic (exact) mass is 334 g/mol. The highest BCUT2D eigenvalue weighted by Gasteiger charge is 2.26. The second-order valence-corrected chi connectivity index (χ2v) is 8.12. The zero-order chi connectivity index (χ0) is 16.5. The molecule has 0 N–H and O–H groups in total. The van der Waals surface area contributed by atoms with E-state index in [1.807, 2.05) is 0 Å². The fraction of sp³-hybridized carbons (Fsp3) is 0.727. The predicted octanol–water partition coefficient (Wildman–Crippen LogP) is 7.18. The van der Waals surface area contributed by atoms with Crippen molar-refractivity contribution < 1.29 is 0 Å². The van der Waals surface area contributed by atoms with E-state index in [9.17, 15) is 0 Å². The summed E-state index contributed by atoms with van der Waals surface area (Å²) in [7, 11) is 0. The first-order valence-corrected chi connectivity index (χ1v) is 10.4. The molecule has 2 rings (SSSR count). The summed E-state index contributed by atoms with van der Waals surface area (Å²) in [6.45, 7) is 4.57. The first-order chi connectivity index (χ1) is 11.2. The van der Waals surface area contributed by atoms with E-state index < -0.39 is 0 Å². The Morgan fingerprint density at radius 3 is 2.17 bits per heavy atom. The molecule has 0 amide bonds. The molecule has 1 atom stereocenters. The van der Waals surface area contributed by atoms with Crippen LogP contribution < -0.4 is 0 Å². The fourth-order valence-corrected chi connectivity index (χ4v) is 4.49. The normalized spacial score (nSPS) is 22.9. The van der Waals surface area contributed by atoms with Crippen molar-refractivity contribution in [3.8, 4) is 0 Å². The van der Waals surface area contributed by atoms with Crippen LogP contribution in [0.5, 0.6) is 0 Å². The summed E-state index contributed by atoms with van der Waals surface area (Å²) in [5.41, 5.74) is 2.90. The summed E-state index contributed by atoms with van der Waals surface area (Å²) in [4.78, 5) is 0. The van der Waals surface area contributed by atoms with Crippen molar-refractivity contribution in [2.75, 3.05) is 0 Å². The summed E-state index contributed by atoms with van der Waals surface area (Å²) in [5, 5.41) is 0.323. The van der Waals surface area contributed by atoms with Crippen LogP contribution >= 0.6 is 11.6 Å². The van der Waals surface area contributed by atoms with Gasteiger partial charge < -0.3 is 0 Å². The quantitative estimate of drug-likeness (QED) is 0.331. The average Bonchev–Trinajstić information content (AvgIpc) is 2.57. The number of unbranched alkanes of at least 4 members (excludes halogenated alkanes) is 2. The van der Waals surface area contributed by atoms with Gasteiger partial charge in [0.2, 0.25) is 0 Å². The predicted molar refractivity (Wildman–Crippen MR) is 103 cm³/mol. The largest absolute Gasteiger partial charge is 0.122 e. The van der Waals surface area contributed by atoms with Gasteiger partial charge in [-0.3, -0.25) is 0 Å². The zero-order valence-electron chi connectivity index (χ0n) is 15.2. The topological polar surface area (TPSA) is 0 Å². The molecule has 0 aromatic heterocycles. The number of alkyl halides is 1. The Labute approximate surface area is 149 Å². The Hall–Kier alpha value is -0.490. The number of halogens is 1. The third kappa shape index (κ3) is 6.49. The van der Waals surface area contributed by atoms with Crippen LogP contribution in [0, 0.1) is 11.8 Å². The molecule has 0 saturated heterocycles. The first-order valence-electron chi connectivity index (χ1n) is 9.94. The van der Waals surface area contributed by atoms with Crippen molar-refractivity contribution in [1.82, 2.24) is 0 Å². The maximum Gasteiger partial charge on any atom is 0.0404 e. The van der Waals surface area contributed by atoms with E-state index in [2.05, 4.69) is 38.1 Å². The highest BCUT2D eigenvalue weighted by Crippen LogP contribution is 2.35. The third-order valence-corrected chi connectivity index (χ3v) is 6.13. The standard InChI is InChI=1S/C22H35Cl/c1-3-5-6-8-19-9-11-20(12-10-19)17-22(23)21-15-13-18(7-4-2)14-16-21/h9-12,18,21-22H,3-8,13-17H2,1-2H3/t18-,21-,22?. The molecule has 0 spiro atoms. The molecule has 0 radical (unpaired) electrons. The number of aryl methyl sites for hydroxylation is 1. The Morgan fingerprint density at radius 1 is 0.913 bits per heavy atom. The molecule has 23 heavy (non-hydrogen) atoms. The smallest absolute Gasteiger partial charge is 0.0404 e. The van der Waals surface area contributed by atoms with Gasteiger partial charge in [-0.2, -0.15) is 0 Å². The maximum absolute atomic E-state index is 6.76. The molecular formula is C22H35Cl. The highest BCUT2D eigenvalue weighted by molar-refractivity contribution is 6.20. The van der Waals surface area contributed by atoms with Crippen molar-refractivity contribution >= 4 is 11.6 Å². The number of hydrogen-bond donors (Lipinski definition) is 0. The minimum Gasteiger partial charge on any atom is -0.122 e. The molecule has 0 nitrogen and oxygen atoms in total. The van der Waals surface area contributed by atoms with E-state index in [1.54, 1.807) is 0 Å². The zero-order valence-corrected chi connectivity index (χ0v) is 16.0. The van der Waals surface area contributed by atoms with Crippen LogP contribution in [0.2, 0.25) is 0 Å². The summed E-state index contributed by atoms with van der Waals surface area (Å²) >= 11 is 6.76. The van der Waals surface area contributed by atoms with Gasteiger partial charge in [-0.25, -0.2) is 0 Å². The van der Waals surface area contributed by atoms with Crippen LogP contribution in [0.1, 0.15) is 82.8 Å². The Morgan fingerprint density at radius 2 is 1.57 bits per heavy atom. The van der Waals surface area contributed by atoms with E-state index in [4.69, 9.17) is 11.6 Å². The second-order valence-electron chi connectivity index (χ2n) is 7.56. The van der Waals surface area contributed by atoms with Crippen LogP contribution in [0.25, 0.3) is 0 Å². The van der Waals surface area contributed by atoms with E-state index in [-0.39, 0.29) is 0 Å². The molecule has 0 aliphatic heterocycles. The number of benzene rings is 1. The van der Waals surface area contributed by atoms with Crippen LogP contribution in [-0.4, -0.2) is 5.38 Å². The fourth-order valence-electron chi connectivity index (χ4n) is 4.06. The summed E-state index contributed by atoms with van der Waals surface area (Å²) in [5.74, 6) is 1.71. The van der Waals surface area contributed by atoms with Crippen molar-refractivity contribution in [3.05, 3.63) is 35.4 Å². The van der Waals surface area contributed by atoms with Crippen molar-refractivity contribution in [1.29, 1.82) is 0 Å². The van der Waals surface area contributed by atoms with Gasteiger partial charge in [0, 0.05) is 5.38 Å². The molecule has 1 fully saturated rings. The second kappa shape index (κ2) is 10.4. The van der Waals surface area contributed by atoms with Gasteiger partial charge in [-0.05, 0) is 55.1 Å². The lowest BCUT2D eigenvalue weighted by atomic mass is 9.78. The third-order valence-electron chi connectivity index (χ3n) is 5.62. The van der Waals surface area contributed by atoms with Crippen LogP contribution in [0.3, 0.4) is 0 Å². The summed E-state index contributed by atoms with van der Waals surface area (Å²) in [6.07, 6.45) is 14.5. The van der Waals surface area contributed by atoms with Crippen LogP contribution in [0.4, 0.5) is 0 Å². The lowest BCUT2D eigenvalue weighted by molar-refractivity contribution is 0.255. The van der Waals surface area contributed by atoms with Gasteiger partial charge in [0.25, 0.3) is 0 Å². The molecule has 1 unspecified atom stereocenters. The lowest BCUT2D eigenvalue weighted by Gasteiger charge is -2.31. The molecular weight excluding hydrogens is 300 g/mol. The van der Waals surface area contributed by atoms with E-state index >= 15 is 0 Å². The summed E-state index contributed by atoms with van der Waals surface area (Å²) in [6, 6.07) is 9.23. The van der Waals surface area contributed by atoms with Gasteiger partial charge in [0.15, 0.2) is 0 Å². The van der Waals surface area contributed by atoms with Crippen LogP contribution in [-0.2, 0) is 12.8 Å². The molecule has 0 heterocycles. The molecule has 0 bridgehead atoms. The van der Waals surface area contributed by atoms with Crippen molar-refractivity contribution in [2.45, 2.75) is 89.9 Å². The number of rotatable bonds is 9. The van der Waals surface area contributed by atoms with E-state index in [0.29, 0.717) is 5.38 Å². The van der Waals surface area contributed by atoms with Crippen LogP contribution in [0.15, 0.2) is 24.3 Å². The van der Waals surface area contributed by atoms with Gasteiger partial charge in [0.1, 0.15) is 0 Å². The van der Waals surface area contributed by atoms with Crippen molar-refractivity contribution in [3.63, 3.8) is 0 Å². The average molecular weight is 335 g/mol.